The standard InChI is InChI=1S/C19H21NO5/c20-16(18(21)22)17(19(23)24)25-12-15-8-4-7-14(11-15)10-9-13-5-2-1-3-6-13/h1-8,11,16-17H,9-10,12,20H2,(H,21,22)(H,23,24)/t16-,17-/m0/s1. The van der Waals surface area contributed by atoms with Gasteiger partial charge in [-0.1, -0.05) is 54.6 Å². The predicted molar refractivity (Wildman–Crippen MR) is 92.1 cm³/mol. The maximum Gasteiger partial charge on any atom is 0.335 e. The van der Waals surface area contributed by atoms with Gasteiger partial charge in [0.15, 0.2) is 6.10 Å². The highest BCUT2D eigenvalue weighted by atomic mass is 16.5. The van der Waals surface area contributed by atoms with E-state index in [9.17, 15) is 9.59 Å². The summed E-state index contributed by atoms with van der Waals surface area (Å²) in [5.74, 6) is -2.81. The molecule has 0 aliphatic carbocycles. The van der Waals surface area contributed by atoms with Gasteiger partial charge in [-0.3, -0.25) is 4.79 Å². The summed E-state index contributed by atoms with van der Waals surface area (Å²) in [6, 6.07) is 16.1. The lowest BCUT2D eigenvalue weighted by Crippen LogP contribution is -2.47. The number of carboxylic acid groups (broad SMARTS) is 2. The number of hydrogen-bond donors (Lipinski definition) is 3. The summed E-state index contributed by atoms with van der Waals surface area (Å²) in [4.78, 5) is 22.0. The van der Waals surface area contributed by atoms with Crippen LogP contribution in [0.4, 0.5) is 0 Å². The molecule has 0 spiro atoms. The Balaban J connectivity index is 1.96. The number of aliphatic carboxylic acids is 2. The van der Waals surface area contributed by atoms with Gasteiger partial charge < -0.3 is 20.7 Å². The van der Waals surface area contributed by atoms with Crippen LogP contribution < -0.4 is 5.73 Å². The minimum atomic E-state index is -1.61. The Morgan fingerprint density at radius 2 is 1.48 bits per heavy atom. The quantitative estimate of drug-likeness (QED) is 0.641. The van der Waals surface area contributed by atoms with Gasteiger partial charge in [-0.2, -0.15) is 0 Å². The lowest BCUT2D eigenvalue weighted by molar-refractivity contribution is -0.159. The summed E-state index contributed by atoms with van der Waals surface area (Å²) in [5.41, 5.74) is 8.47. The third kappa shape index (κ3) is 5.70. The van der Waals surface area contributed by atoms with Crippen molar-refractivity contribution >= 4 is 11.9 Å². The fourth-order valence-electron chi connectivity index (χ4n) is 2.45. The van der Waals surface area contributed by atoms with E-state index in [1.807, 2.05) is 36.4 Å². The number of aryl methyl sites for hydroxylation is 2. The van der Waals surface area contributed by atoms with Crippen molar-refractivity contribution < 1.29 is 24.5 Å². The highest BCUT2D eigenvalue weighted by Crippen LogP contribution is 2.12. The molecule has 0 aromatic heterocycles. The number of ether oxygens (including phenoxy) is 1. The molecule has 0 saturated carbocycles. The highest BCUT2D eigenvalue weighted by Gasteiger charge is 2.31. The average molecular weight is 343 g/mol. The van der Waals surface area contributed by atoms with Crippen LogP contribution in [0.5, 0.6) is 0 Å². The second-order valence-electron chi connectivity index (χ2n) is 5.74. The molecule has 0 saturated heterocycles. The molecule has 0 unspecified atom stereocenters. The van der Waals surface area contributed by atoms with Crippen LogP contribution in [-0.4, -0.2) is 34.3 Å². The fraction of sp³-hybridized carbons (Fsp3) is 0.263. The van der Waals surface area contributed by atoms with Crippen LogP contribution in [0, 0.1) is 0 Å². The van der Waals surface area contributed by atoms with E-state index < -0.39 is 24.1 Å². The number of hydrogen-bond acceptors (Lipinski definition) is 4. The van der Waals surface area contributed by atoms with Crippen molar-refractivity contribution in [1.29, 1.82) is 0 Å². The molecule has 0 fully saturated rings. The number of rotatable bonds is 9. The van der Waals surface area contributed by atoms with Gasteiger partial charge in [0, 0.05) is 0 Å². The van der Waals surface area contributed by atoms with E-state index in [1.54, 1.807) is 6.07 Å². The lowest BCUT2D eigenvalue weighted by atomic mass is 10.0. The van der Waals surface area contributed by atoms with Gasteiger partial charge in [0.05, 0.1) is 6.61 Å². The monoisotopic (exact) mass is 343 g/mol. The van der Waals surface area contributed by atoms with Crippen molar-refractivity contribution in [2.75, 3.05) is 0 Å². The molecule has 4 N–H and O–H groups in total. The predicted octanol–water partition coefficient (Wildman–Crippen LogP) is 1.85. The molecule has 0 radical (unpaired) electrons. The summed E-state index contributed by atoms with van der Waals surface area (Å²) in [5, 5.41) is 17.9. The van der Waals surface area contributed by atoms with Crippen LogP contribution in [0.15, 0.2) is 54.6 Å². The van der Waals surface area contributed by atoms with E-state index in [0.717, 1.165) is 24.0 Å². The van der Waals surface area contributed by atoms with Gasteiger partial charge in [0.1, 0.15) is 6.04 Å². The second-order valence-corrected chi connectivity index (χ2v) is 5.74. The molecule has 2 aromatic carbocycles. The zero-order chi connectivity index (χ0) is 18.2. The van der Waals surface area contributed by atoms with E-state index in [2.05, 4.69) is 12.1 Å². The van der Waals surface area contributed by atoms with Crippen LogP contribution in [0.3, 0.4) is 0 Å². The molecule has 6 nitrogen and oxygen atoms in total. The Morgan fingerprint density at radius 1 is 0.880 bits per heavy atom. The topological polar surface area (TPSA) is 110 Å². The van der Waals surface area contributed by atoms with Gasteiger partial charge in [-0.05, 0) is 29.5 Å². The summed E-state index contributed by atoms with van der Waals surface area (Å²) in [6.07, 6.45) is 0.146. The normalized spacial score (nSPS) is 13.2. The van der Waals surface area contributed by atoms with Gasteiger partial charge in [-0.15, -0.1) is 0 Å². The zero-order valence-electron chi connectivity index (χ0n) is 13.7. The Bertz CT molecular complexity index is 717. The number of nitrogens with two attached hydrogens (primary N) is 1. The van der Waals surface area contributed by atoms with Crippen LogP contribution in [0.1, 0.15) is 16.7 Å². The SMILES string of the molecule is N[C@H](C(=O)O)[C@H](OCc1cccc(CCc2ccccc2)c1)C(=O)O. The molecule has 2 atom stereocenters. The first kappa shape index (κ1) is 18.6. The first-order valence-electron chi connectivity index (χ1n) is 7.92. The van der Waals surface area contributed by atoms with E-state index in [1.165, 1.54) is 5.56 Å². The van der Waals surface area contributed by atoms with Crippen molar-refractivity contribution in [1.82, 2.24) is 0 Å². The summed E-state index contributed by atoms with van der Waals surface area (Å²) in [7, 11) is 0. The first-order chi connectivity index (χ1) is 12.0. The minimum absolute atomic E-state index is 0.0167. The Hall–Kier alpha value is -2.70. The molecular formula is C19H21NO5. The maximum absolute atomic E-state index is 11.1. The molecule has 2 aromatic rings. The van der Waals surface area contributed by atoms with Crippen molar-refractivity contribution in [2.45, 2.75) is 31.6 Å². The third-order valence-corrected chi connectivity index (χ3v) is 3.82. The number of carbonyl (C=O) groups is 2. The Kier molecular flexibility index (Phi) is 6.68. The largest absolute Gasteiger partial charge is 0.480 e. The average Bonchev–Trinajstić information content (AvgIpc) is 2.61. The van der Waals surface area contributed by atoms with E-state index >= 15 is 0 Å². The summed E-state index contributed by atoms with van der Waals surface area (Å²) >= 11 is 0. The molecule has 6 heteroatoms. The zero-order valence-corrected chi connectivity index (χ0v) is 13.7. The molecule has 0 amide bonds. The Morgan fingerprint density at radius 3 is 2.12 bits per heavy atom. The van der Waals surface area contributed by atoms with Crippen LogP contribution in [0.2, 0.25) is 0 Å². The van der Waals surface area contributed by atoms with Crippen molar-refractivity contribution in [3.63, 3.8) is 0 Å². The van der Waals surface area contributed by atoms with Gasteiger partial charge >= 0.3 is 11.9 Å². The third-order valence-electron chi connectivity index (χ3n) is 3.82. The molecule has 25 heavy (non-hydrogen) atoms. The minimum Gasteiger partial charge on any atom is -0.480 e. The Labute approximate surface area is 145 Å². The van der Waals surface area contributed by atoms with Crippen LogP contribution in [0.25, 0.3) is 0 Å². The molecule has 0 aliphatic rings. The highest BCUT2D eigenvalue weighted by molar-refractivity contribution is 5.84. The summed E-state index contributed by atoms with van der Waals surface area (Å²) < 4.78 is 5.23. The molecule has 0 heterocycles. The second kappa shape index (κ2) is 8.96. The van der Waals surface area contributed by atoms with Gasteiger partial charge in [-0.25, -0.2) is 4.79 Å². The molecular weight excluding hydrogens is 322 g/mol. The summed E-state index contributed by atoms with van der Waals surface area (Å²) in [6.45, 7) is -0.0167. The van der Waals surface area contributed by atoms with Crippen molar-refractivity contribution in [2.24, 2.45) is 5.73 Å². The molecule has 2 rings (SSSR count). The van der Waals surface area contributed by atoms with E-state index in [4.69, 9.17) is 20.7 Å². The number of carboxylic acids is 2. The van der Waals surface area contributed by atoms with E-state index in [-0.39, 0.29) is 6.61 Å². The smallest absolute Gasteiger partial charge is 0.335 e. The van der Waals surface area contributed by atoms with E-state index in [0.29, 0.717) is 0 Å². The van der Waals surface area contributed by atoms with Crippen molar-refractivity contribution in [3.8, 4) is 0 Å². The van der Waals surface area contributed by atoms with Crippen LogP contribution in [-0.2, 0) is 33.8 Å². The molecule has 132 valence electrons. The van der Waals surface area contributed by atoms with Gasteiger partial charge in [0.25, 0.3) is 0 Å². The molecule has 0 aliphatic heterocycles. The lowest BCUT2D eigenvalue weighted by Gasteiger charge is -2.17. The molecule has 0 bridgehead atoms. The van der Waals surface area contributed by atoms with Crippen LogP contribution >= 0.6 is 0 Å². The maximum atomic E-state index is 11.1. The van der Waals surface area contributed by atoms with Gasteiger partial charge in [0.2, 0.25) is 0 Å². The first-order valence-corrected chi connectivity index (χ1v) is 7.92. The van der Waals surface area contributed by atoms with Crippen molar-refractivity contribution in [3.05, 3.63) is 71.3 Å². The fourth-order valence-corrected chi connectivity index (χ4v) is 2.45. The number of benzene rings is 2.